The van der Waals surface area contributed by atoms with Crippen molar-refractivity contribution in [2.45, 2.75) is 52.3 Å². The maximum atomic E-state index is 9.07. The third-order valence-corrected chi connectivity index (χ3v) is 4.33. The molecule has 3 nitrogen and oxygen atoms in total. The molecule has 0 aliphatic rings. The molecule has 108 valence electrons. The number of nitrogens with zero attached hydrogens (tertiary/aromatic N) is 1. The fraction of sp³-hybridized carbons (Fsp3) is 0.625. The Kier molecular flexibility index (Phi) is 6.49. The number of aliphatic hydroxyl groups is 1. The molecular formula is C16H28N2O. The number of likely N-dealkylation sites (N-methyl/N-ethyl adjacent to an activating group) is 1. The van der Waals surface area contributed by atoms with Gasteiger partial charge in [0.2, 0.25) is 0 Å². The van der Waals surface area contributed by atoms with Gasteiger partial charge in [0, 0.05) is 18.6 Å². The van der Waals surface area contributed by atoms with Crippen molar-refractivity contribution in [1.82, 2.24) is 4.90 Å². The van der Waals surface area contributed by atoms with Crippen molar-refractivity contribution in [2.24, 2.45) is 5.73 Å². The minimum atomic E-state index is 0.102. The molecule has 0 aromatic heterocycles. The van der Waals surface area contributed by atoms with E-state index in [-0.39, 0.29) is 12.1 Å². The average Bonchev–Trinajstić information content (AvgIpc) is 2.49. The Morgan fingerprint density at radius 3 is 1.95 bits per heavy atom. The van der Waals surface area contributed by atoms with E-state index in [1.807, 2.05) is 12.1 Å². The van der Waals surface area contributed by atoms with Crippen LogP contribution in [0.5, 0.6) is 0 Å². The predicted octanol–water partition coefficient (Wildman–Crippen LogP) is 2.52. The van der Waals surface area contributed by atoms with E-state index >= 15 is 0 Å². The molecule has 0 saturated heterocycles. The molecule has 0 saturated carbocycles. The molecule has 0 amide bonds. The van der Waals surface area contributed by atoms with Crippen LogP contribution in [0.2, 0.25) is 0 Å². The summed E-state index contributed by atoms with van der Waals surface area (Å²) >= 11 is 0. The van der Waals surface area contributed by atoms with Gasteiger partial charge >= 0.3 is 0 Å². The quantitative estimate of drug-likeness (QED) is 0.758. The zero-order valence-electron chi connectivity index (χ0n) is 12.5. The van der Waals surface area contributed by atoms with Crippen molar-refractivity contribution in [3.8, 4) is 0 Å². The molecule has 1 rings (SSSR count). The summed E-state index contributed by atoms with van der Waals surface area (Å²) in [6.07, 6.45) is 2.14. The van der Waals surface area contributed by atoms with E-state index in [4.69, 9.17) is 10.8 Å². The first kappa shape index (κ1) is 16.2. The van der Waals surface area contributed by atoms with Crippen LogP contribution in [-0.2, 0) is 13.2 Å². The summed E-state index contributed by atoms with van der Waals surface area (Å²) < 4.78 is 0. The molecule has 3 heteroatoms. The Labute approximate surface area is 117 Å². The second kappa shape index (κ2) is 7.63. The maximum absolute atomic E-state index is 9.07. The second-order valence-electron chi connectivity index (χ2n) is 5.12. The lowest BCUT2D eigenvalue weighted by Gasteiger charge is -2.42. The van der Waals surface area contributed by atoms with Crippen LogP contribution in [-0.4, -0.2) is 28.6 Å². The van der Waals surface area contributed by atoms with Crippen molar-refractivity contribution in [2.75, 3.05) is 13.1 Å². The lowest BCUT2D eigenvalue weighted by molar-refractivity contribution is 0.0828. The van der Waals surface area contributed by atoms with Crippen LogP contribution in [0, 0.1) is 0 Å². The SMILES string of the molecule is CCN(Cc1ccc(CO)cc1)C(CC)(CC)CN. The van der Waals surface area contributed by atoms with E-state index in [2.05, 4.69) is 37.8 Å². The fourth-order valence-corrected chi connectivity index (χ4v) is 2.70. The van der Waals surface area contributed by atoms with Gasteiger partial charge < -0.3 is 10.8 Å². The summed E-state index contributed by atoms with van der Waals surface area (Å²) in [5, 5.41) is 9.07. The third-order valence-electron chi connectivity index (χ3n) is 4.33. The fourth-order valence-electron chi connectivity index (χ4n) is 2.70. The summed E-state index contributed by atoms with van der Waals surface area (Å²) in [6.45, 7) is 9.35. The van der Waals surface area contributed by atoms with Crippen molar-refractivity contribution in [3.05, 3.63) is 35.4 Å². The van der Waals surface area contributed by atoms with Gasteiger partial charge in [-0.05, 0) is 30.5 Å². The van der Waals surface area contributed by atoms with Gasteiger partial charge in [0.15, 0.2) is 0 Å². The van der Waals surface area contributed by atoms with E-state index in [0.717, 1.165) is 31.5 Å². The van der Waals surface area contributed by atoms with Crippen LogP contribution in [0.4, 0.5) is 0 Å². The Hall–Kier alpha value is -0.900. The van der Waals surface area contributed by atoms with Gasteiger partial charge in [0.1, 0.15) is 0 Å². The highest BCUT2D eigenvalue weighted by molar-refractivity contribution is 5.22. The van der Waals surface area contributed by atoms with Crippen molar-refractivity contribution < 1.29 is 5.11 Å². The lowest BCUT2D eigenvalue weighted by atomic mass is 9.90. The highest BCUT2D eigenvalue weighted by atomic mass is 16.3. The number of aliphatic hydroxyl groups excluding tert-OH is 1. The molecule has 0 heterocycles. The zero-order valence-corrected chi connectivity index (χ0v) is 12.5. The minimum absolute atomic E-state index is 0.102. The van der Waals surface area contributed by atoms with Gasteiger partial charge in [-0.3, -0.25) is 4.90 Å². The molecular weight excluding hydrogens is 236 g/mol. The van der Waals surface area contributed by atoms with Crippen LogP contribution >= 0.6 is 0 Å². The summed E-state index contributed by atoms with van der Waals surface area (Å²) in [5.74, 6) is 0. The molecule has 0 unspecified atom stereocenters. The monoisotopic (exact) mass is 264 g/mol. The molecule has 1 aromatic rings. The van der Waals surface area contributed by atoms with E-state index in [1.54, 1.807) is 0 Å². The number of benzene rings is 1. The first-order valence-electron chi connectivity index (χ1n) is 7.29. The Morgan fingerprint density at radius 2 is 1.58 bits per heavy atom. The van der Waals surface area contributed by atoms with Gasteiger partial charge in [0.25, 0.3) is 0 Å². The van der Waals surface area contributed by atoms with Gasteiger partial charge in [-0.25, -0.2) is 0 Å². The normalized spacial score (nSPS) is 12.1. The molecule has 1 aromatic carbocycles. The van der Waals surface area contributed by atoms with E-state index in [9.17, 15) is 0 Å². The molecule has 0 fully saturated rings. The van der Waals surface area contributed by atoms with Crippen LogP contribution < -0.4 is 5.73 Å². The smallest absolute Gasteiger partial charge is 0.0681 e. The summed E-state index contributed by atoms with van der Waals surface area (Å²) in [5.41, 5.74) is 8.37. The number of hydrogen-bond donors (Lipinski definition) is 2. The molecule has 0 aliphatic carbocycles. The van der Waals surface area contributed by atoms with Gasteiger partial charge in [-0.1, -0.05) is 45.0 Å². The molecule has 0 spiro atoms. The molecule has 19 heavy (non-hydrogen) atoms. The Morgan fingerprint density at radius 1 is 1.05 bits per heavy atom. The van der Waals surface area contributed by atoms with E-state index in [0.29, 0.717) is 6.54 Å². The summed E-state index contributed by atoms with van der Waals surface area (Å²) in [7, 11) is 0. The van der Waals surface area contributed by atoms with Gasteiger partial charge in [-0.15, -0.1) is 0 Å². The van der Waals surface area contributed by atoms with Crippen molar-refractivity contribution in [1.29, 1.82) is 0 Å². The second-order valence-corrected chi connectivity index (χ2v) is 5.12. The first-order chi connectivity index (χ1) is 9.15. The highest BCUT2D eigenvalue weighted by Gasteiger charge is 2.30. The zero-order chi connectivity index (χ0) is 14.3. The summed E-state index contributed by atoms with van der Waals surface area (Å²) in [6, 6.07) is 8.18. The van der Waals surface area contributed by atoms with Gasteiger partial charge in [0.05, 0.1) is 6.61 Å². The van der Waals surface area contributed by atoms with Crippen LogP contribution in [0.15, 0.2) is 24.3 Å². The lowest BCUT2D eigenvalue weighted by Crippen LogP contribution is -2.52. The molecule has 0 bridgehead atoms. The number of rotatable bonds is 8. The molecule has 0 aliphatic heterocycles. The summed E-state index contributed by atoms with van der Waals surface area (Å²) in [4.78, 5) is 2.47. The molecule has 0 atom stereocenters. The third kappa shape index (κ3) is 3.78. The molecule has 0 radical (unpaired) electrons. The van der Waals surface area contributed by atoms with E-state index < -0.39 is 0 Å². The minimum Gasteiger partial charge on any atom is -0.392 e. The predicted molar refractivity (Wildman–Crippen MR) is 80.8 cm³/mol. The van der Waals surface area contributed by atoms with Gasteiger partial charge in [-0.2, -0.15) is 0 Å². The number of nitrogens with two attached hydrogens (primary N) is 1. The number of hydrogen-bond acceptors (Lipinski definition) is 3. The van der Waals surface area contributed by atoms with Crippen LogP contribution in [0.25, 0.3) is 0 Å². The first-order valence-corrected chi connectivity index (χ1v) is 7.29. The molecule has 3 N–H and O–H groups in total. The van der Waals surface area contributed by atoms with Crippen LogP contribution in [0.1, 0.15) is 44.7 Å². The Balaban J connectivity index is 2.85. The largest absolute Gasteiger partial charge is 0.392 e. The van der Waals surface area contributed by atoms with Crippen molar-refractivity contribution in [3.63, 3.8) is 0 Å². The topological polar surface area (TPSA) is 49.5 Å². The van der Waals surface area contributed by atoms with Crippen molar-refractivity contribution >= 4 is 0 Å². The van der Waals surface area contributed by atoms with E-state index in [1.165, 1.54) is 5.56 Å². The average molecular weight is 264 g/mol. The standard InChI is InChI=1S/C16H28N2O/c1-4-16(5-2,13-17)18(6-3)11-14-7-9-15(12-19)10-8-14/h7-10,19H,4-6,11-13,17H2,1-3H3. The van der Waals surface area contributed by atoms with Crippen LogP contribution in [0.3, 0.4) is 0 Å². The Bertz CT molecular complexity index is 349. The highest BCUT2D eigenvalue weighted by Crippen LogP contribution is 2.24. The maximum Gasteiger partial charge on any atom is 0.0681 e.